The van der Waals surface area contributed by atoms with Gasteiger partial charge in [0.25, 0.3) is 0 Å². The van der Waals surface area contributed by atoms with Crippen molar-refractivity contribution in [3.8, 4) is 0 Å². The number of halogens is 3. The highest BCUT2D eigenvalue weighted by atomic mass is 35.5. The van der Waals surface area contributed by atoms with E-state index in [-0.39, 0.29) is 0 Å². The average molecular weight is 234 g/mol. The monoisotopic (exact) mass is 233 g/mol. The van der Waals surface area contributed by atoms with E-state index in [1.165, 1.54) is 12.1 Å². The topological polar surface area (TPSA) is 3.24 Å². The maximum absolute atomic E-state index is 13.4. The Labute approximate surface area is 93.7 Å². The van der Waals surface area contributed by atoms with Crippen LogP contribution in [0.3, 0.4) is 0 Å². The molecule has 0 aliphatic rings. The lowest BCUT2D eigenvalue weighted by Gasteiger charge is -2.09. The normalized spacial score (nSPS) is 11.1. The zero-order valence-electron chi connectivity index (χ0n) is 8.86. The van der Waals surface area contributed by atoms with Crippen molar-refractivity contribution >= 4 is 11.6 Å². The van der Waals surface area contributed by atoms with Gasteiger partial charge >= 0.3 is 0 Å². The minimum absolute atomic E-state index is 0.405. The van der Waals surface area contributed by atoms with Gasteiger partial charge in [0.1, 0.15) is 16.7 Å². The number of hydrogen-bond donors (Lipinski definition) is 0. The Morgan fingerprint density at radius 2 is 1.93 bits per heavy atom. The van der Waals surface area contributed by atoms with E-state index in [0.717, 1.165) is 13.0 Å². The van der Waals surface area contributed by atoms with Gasteiger partial charge < -0.3 is 4.90 Å². The van der Waals surface area contributed by atoms with Gasteiger partial charge in [0, 0.05) is 0 Å². The van der Waals surface area contributed by atoms with Gasteiger partial charge in [0.15, 0.2) is 0 Å². The summed E-state index contributed by atoms with van der Waals surface area (Å²) in [5.41, 5.74) is 0.475. The van der Waals surface area contributed by atoms with E-state index in [9.17, 15) is 8.78 Å². The molecule has 15 heavy (non-hydrogen) atoms. The first kappa shape index (κ1) is 12.4. The Balaban J connectivity index is 2.66. The van der Waals surface area contributed by atoms with Crippen LogP contribution in [0, 0.1) is 11.6 Å². The highest BCUT2D eigenvalue weighted by Gasteiger charge is 2.10. The molecular formula is C11H14ClF2N. The Morgan fingerprint density at radius 1 is 1.27 bits per heavy atom. The van der Waals surface area contributed by atoms with Crippen LogP contribution in [0.15, 0.2) is 12.1 Å². The number of rotatable bonds is 4. The lowest BCUT2D eigenvalue weighted by Crippen LogP contribution is -2.13. The zero-order valence-corrected chi connectivity index (χ0v) is 9.61. The van der Waals surface area contributed by atoms with Crippen LogP contribution in [0.5, 0.6) is 0 Å². The van der Waals surface area contributed by atoms with Crippen molar-refractivity contribution in [1.29, 1.82) is 0 Å². The molecule has 4 heteroatoms. The van der Waals surface area contributed by atoms with Gasteiger partial charge in [-0.05, 0) is 45.1 Å². The van der Waals surface area contributed by atoms with Crippen LogP contribution < -0.4 is 0 Å². The molecule has 0 atom stereocenters. The molecular weight excluding hydrogens is 220 g/mol. The van der Waals surface area contributed by atoms with E-state index in [4.69, 9.17) is 11.6 Å². The van der Waals surface area contributed by atoms with Gasteiger partial charge in [-0.3, -0.25) is 0 Å². The Hall–Kier alpha value is -0.670. The van der Waals surface area contributed by atoms with Crippen molar-refractivity contribution in [1.82, 2.24) is 4.90 Å². The number of hydrogen-bond acceptors (Lipinski definition) is 1. The molecule has 1 aromatic rings. The molecule has 84 valence electrons. The molecule has 0 heterocycles. The minimum Gasteiger partial charge on any atom is -0.309 e. The van der Waals surface area contributed by atoms with Crippen molar-refractivity contribution in [3.05, 3.63) is 34.4 Å². The van der Waals surface area contributed by atoms with Crippen molar-refractivity contribution in [2.75, 3.05) is 20.6 Å². The fourth-order valence-corrected chi connectivity index (χ4v) is 1.53. The fourth-order valence-electron chi connectivity index (χ4n) is 1.34. The van der Waals surface area contributed by atoms with Crippen LogP contribution in [0.2, 0.25) is 5.02 Å². The van der Waals surface area contributed by atoms with Crippen LogP contribution in [0.1, 0.15) is 12.0 Å². The maximum Gasteiger partial charge on any atom is 0.147 e. The molecule has 1 aromatic carbocycles. The minimum atomic E-state index is -0.703. The van der Waals surface area contributed by atoms with Crippen LogP contribution in [0.25, 0.3) is 0 Å². The summed E-state index contributed by atoms with van der Waals surface area (Å²) >= 11 is 5.46. The molecule has 1 nitrogen and oxygen atoms in total. The zero-order chi connectivity index (χ0) is 11.4. The van der Waals surface area contributed by atoms with Gasteiger partial charge in [-0.2, -0.15) is 0 Å². The first-order valence-corrected chi connectivity index (χ1v) is 5.17. The molecule has 0 aliphatic heterocycles. The molecule has 0 saturated carbocycles. The van der Waals surface area contributed by atoms with Crippen molar-refractivity contribution < 1.29 is 8.78 Å². The highest BCUT2D eigenvalue weighted by Crippen LogP contribution is 2.22. The van der Waals surface area contributed by atoms with Crippen molar-refractivity contribution in [3.63, 3.8) is 0 Å². The number of benzene rings is 1. The molecule has 0 amide bonds. The molecule has 0 aromatic heterocycles. The summed E-state index contributed by atoms with van der Waals surface area (Å²) in [6.45, 7) is 0.869. The molecule has 0 bridgehead atoms. The summed E-state index contributed by atoms with van der Waals surface area (Å²) in [6.07, 6.45) is 1.40. The third-order valence-electron chi connectivity index (χ3n) is 2.17. The quantitative estimate of drug-likeness (QED) is 0.723. The van der Waals surface area contributed by atoms with E-state index < -0.39 is 16.7 Å². The summed E-state index contributed by atoms with van der Waals surface area (Å²) in [5, 5.41) is -0.405. The predicted molar refractivity (Wildman–Crippen MR) is 58.2 cm³/mol. The highest BCUT2D eigenvalue weighted by molar-refractivity contribution is 6.30. The Morgan fingerprint density at radius 3 is 2.53 bits per heavy atom. The summed E-state index contributed by atoms with van der Waals surface area (Å²) < 4.78 is 26.2. The van der Waals surface area contributed by atoms with Gasteiger partial charge in [0.2, 0.25) is 0 Å². The smallest absolute Gasteiger partial charge is 0.147 e. The lowest BCUT2D eigenvalue weighted by atomic mass is 10.1. The van der Waals surface area contributed by atoms with Gasteiger partial charge in [-0.25, -0.2) is 8.78 Å². The Kier molecular flexibility index (Phi) is 4.48. The maximum atomic E-state index is 13.4. The molecule has 0 fully saturated rings. The summed E-state index contributed by atoms with van der Waals surface area (Å²) in [4.78, 5) is 2.02. The first-order chi connectivity index (χ1) is 7.02. The second-order valence-corrected chi connectivity index (χ2v) is 4.12. The van der Waals surface area contributed by atoms with E-state index in [1.807, 2.05) is 19.0 Å². The summed E-state index contributed by atoms with van der Waals surface area (Å²) in [5.74, 6) is -1.33. The van der Waals surface area contributed by atoms with E-state index in [0.29, 0.717) is 12.0 Å². The molecule has 1 rings (SSSR count). The van der Waals surface area contributed by atoms with Crippen molar-refractivity contribution in [2.45, 2.75) is 12.8 Å². The molecule has 0 aliphatic carbocycles. The summed E-state index contributed by atoms with van der Waals surface area (Å²) in [6, 6.07) is 2.66. The third-order valence-corrected chi connectivity index (χ3v) is 2.51. The van der Waals surface area contributed by atoms with Gasteiger partial charge in [-0.15, -0.1) is 0 Å². The average Bonchev–Trinajstić information content (AvgIpc) is 2.18. The summed E-state index contributed by atoms with van der Waals surface area (Å²) in [7, 11) is 3.90. The molecule has 0 radical (unpaired) electrons. The molecule has 0 spiro atoms. The number of aryl methyl sites for hydroxylation is 1. The van der Waals surface area contributed by atoms with Crippen LogP contribution in [-0.2, 0) is 6.42 Å². The van der Waals surface area contributed by atoms with Gasteiger partial charge in [-0.1, -0.05) is 17.7 Å². The molecule has 0 saturated heterocycles. The SMILES string of the molecule is CN(C)CCCc1ccc(F)c(Cl)c1F. The van der Waals surface area contributed by atoms with Crippen molar-refractivity contribution in [2.24, 2.45) is 0 Å². The van der Waals surface area contributed by atoms with E-state index >= 15 is 0 Å². The van der Waals surface area contributed by atoms with Crippen LogP contribution in [0.4, 0.5) is 8.78 Å². The Bertz CT molecular complexity index is 340. The number of nitrogens with zero attached hydrogens (tertiary/aromatic N) is 1. The lowest BCUT2D eigenvalue weighted by molar-refractivity contribution is 0.399. The first-order valence-electron chi connectivity index (χ1n) is 4.79. The second-order valence-electron chi connectivity index (χ2n) is 3.74. The largest absolute Gasteiger partial charge is 0.309 e. The molecule has 0 unspecified atom stereocenters. The third kappa shape index (κ3) is 3.43. The standard InChI is InChI=1S/C11H14ClF2N/c1-15(2)7-3-4-8-5-6-9(13)10(12)11(8)14/h5-6H,3-4,7H2,1-2H3. The second kappa shape index (κ2) is 5.42. The fraction of sp³-hybridized carbons (Fsp3) is 0.455. The van der Waals surface area contributed by atoms with Crippen LogP contribution >= 0.6 is 11.6 Å². The van der Waals surface area contributed by atoms with Gasteiger partial charge in [0.05, 0.1) is 0 Å². The molecule has 0 N–H and O–H groups in total. The van der Waals surface area contributed by atoms with Crippen LogP contribution in [-0.4, -0.2) is 25.5 Å². The predicted octanol–water partition coefficient (Wildman–Crippen LogP) is 3.11. The van der Waals surface area contributed by atoms with E-state index in [2.05, 4.69) is 0 Å². The van der Waals surface area contributed by atoms with E-state index in [1.54, 1.807) is 0 Å².